The van der Waals surface area contributed by atoms with Gasteiger partial charge >= 0.3 is 0 Å². The Morgan fingerprint density at radius 3 is 3.45 bits per heavy atom. The van der Waals surface area contributed by atoms with E-state index in [9.17, 15) is 0 Å². The second-order valence-corrected chi connectivity index (χ2v) is 2.02. The van der Waals surface area contributed by atoms with E-state index >= 15 is 0 Å². The topological polar surface area (TPSA) is 57.0 Å². The summed E-state index contributed by atoms with van der Waals surface area (Å²) in [5.41, 5.74) is 0. The molecule has 0 aromatic carbocycles. The molecule has 0 bridgehead atoms. The molecular formula is C7H11N3O. The molecule has 0 saturated carbocycles. The zero-order valence-electron chi connectivity index (χ0n) is 6.20. The van der Waals surface area contributed by atoms with E-state index in [1.807, 2.05) is 6.08 Å². The quantitative estimate of drug-likeness (QED) is 0.582. The monoisotopic (exact) mass is 153 g/mol. The van der Waals surface area contributed by atoms with Crippen molar-refractivity contribution in [3.63, 3.8) is 0 Å². The van der Waals surface area contributed by atoms with E-state index in [4.69, 9.17) is 5.11 Å². The van der Waals surface area contributed by atoms with E-state index in [-0.39, 0.29) is 6.61 Å². The van der Waals surface area contributed by atoms with Crippen LogP contribution < -0.4 is 5.32 Å². The van der Waals surface area contributed by atoms with E-state index in [1.165, 1.54) is 0 Å². The molecule has 1 heterocycles. The van der Waals surface area contributed by atoms with E-state index in [2.05, 4.69) is 15.3 Å². The highest BCUT2D eigenvalue weighted by molar-refractivity contribution is 5.89. The summed E-state index contributed by atoms with van der Waals surface area (Å²) < 4.78 is 0. The van der Waals surface area contributed by atoms with Gasteiger partial charge in [-0.3, -0.25) is 0 Å². The summed E-state index contributed by atoms with van der Waals surface area (Å²) in [7, 11) is 0. The van der Waals surface area contributed by atoms with Gasteiger partial charge in [-0.25, -0.2) is 9.98 Å². The van der Waals surface area contributed by atoms with Crippen molar-refractivity contribution in [2.45, 2.75) is 6.42 Å². The van der Waals surface area contributed by atoms with Gasteiger partial charge in [0.1, 0.15) is 0 Å². The predicted octanol–water partition coefficient (Wildman–Crippen LogP) is -0.0875. The maximum absolute atomic E-state index is 8.46. The number of guanidine groups is 1. The second kappa shape index (κ2) is 4.62. The van der Waals surface area contributed by atoms with Crippen LogP contribution in [0.25, 0.3) is 0 Å². The number of aliphatic hydroxyl groups is 1. The summed E-state index contributed by atoms with van der Waals surface area (Å²) in [6.45, 7) is 0.456. The van der Waals surface area contributed by atoms with Gasteiger partial charge in [0.2, 0.25) is 5.96 Å². The molecule has 0 unspecified atom stereocenters. The molecule has 0 radical (unpaired) electrons. The van der Waals surface area contributed by atoms with Crippen molar-refractivity contribution in [1.29, 1.82) is 0 Å². The highest BCUT2D eigenvalue weighted by atomic mass is 16.3. The molecule has 4 nitrogen and oxygen atoms in total. The number of rotatable bonds is 2. The van der Waals surface area contributed by atoms with Gasteiger partial charge in [0.05, 0.1) is 13.2 Å². The molecule has 0 aromatic heterocycles. The second-order valence-electron chi connectivity index (χ2n) is 2.02. The van der Waals surface area contributed by atoms with Crippen molar-refractivity contribution >= 4 is 12.2 Å². The van der Waals surface area contributed by atoms with Gasteiger partial charge in [0.25, 0.3) is 0 Å². The van der Waals surface area contributed by atoms with E-state index in [0.29, 0.717) is 12.5 Å². The first-order valence-corrected chi connectivity index (χ1v) is 3.53. The number of allylic oxidation sites excluding steroid dienone is 1. The van der Waals surface area contributed by atoms with Crippen molar-refractivity contribution < 1.29 is 5.11 Å². The van der Waals surface area contributed by atoms with Crippen LogP contribution in [-0.4, -0.2) is 30.4 Å². The standard InChI is InChI=1S/C7H11N3O/c11-6-5-10-7-8-3-1-2-4-9-7/h1,3-4,11H,2,5-6H2,(H,8,10). The van der Waals surface area contributed by atoms with Crippen LogP contribution in [0, 0.1) is 0 Å². The van der Waals surface area contributed by atoms with E-state index in [0.717, 1.165) is 6.42 Å². The van der Waals surface area contributed by atoms with Crippen LogP contribution in [0.15, 0.2) is 22.3 Å². The van der Waals surface area contributed by atoms with Crippen molar-refractivity contribution in [3.8, 4) is 0 Å². The fourth-order valence-electron chi connectivity index (χ4n) is 0.681. The smallest absolute Gasteiger partial charge is 0.221 e. The summed E-state index contributed by atoms with van der Waals surface area (Å²) in [4.78, 5) is 7.97. The van der Waals surface area contributed by atoms with Crippen molar-refractivity contribution in [2.24, 2.45) is 9.98 Å². The number of hydrogen-bond acceptors (Lipinski definition) is 2. The van der Waals surface area contributed by atoms with Gasteiger partial charge in [-0.2, -0.15) is 0 Å². The Labute approximate surface area is 65.4 Å². The molecule has 2 N–H and O–H groups in total. The third kappa shape index (κ3) is 2.95. The molecule has 0 fully saturated rings. The Kier molecular flexibility index (Phi) is 3.34. The van der Waals surface area contributed by atoms with Crippen LogP contribution in [0.1, 0.15) is 6.42 Å². The van der Waals surface area contributed by atoms with Crippen LogP contribution in [0.5, 0.6) is 0 Å². The minimum absolute atomic E-state index is 0.0599. The molecule has 0 amide bonds. The molecule has 60 valence electrons. The lowest BCUT2D eigenvalue weighted by molar-refractivity contribution is 0.306. The summed E-state index contributed by atoms with van der Waals surface area (Å²) in [6, 6.07) is 0. The van der Waals surface area contributed by atoms with E-state index in [1.54, 1.807) is 12.4 Å². The van der Waals surface area contributed by atoms with Crippen LogP contribution in [0.4, 0.5) is 0 Å². The average molecular weight is 153 g/mol. The lowest BCUT2D eigenvalue weighted by Crippen LogP contribution is -2.14. The first-order chi connectivity index (χ1) is 5.43. The number of nitrogens with zero attached hydrogens (tertiary/aromatic N) is 2. The van der Waals surface area contributed by atoms with Crippen LogP contribution in [-0.2, 0) is 0 Å². The van der Waals surface area contributed by atoms with Gasteiger partial charge in [0, 0.05) is 18.8 Å². The summed E-state index contributed by atoms with van der Waals surface area (Å²) in [5, 5.41) is 11.3. The minimum atomic E-state index is 0.0599. The fraction of sp³-hybridized carbons (Fsp3) is 0.429. The third-order valence-corrected chi connectivity index (χ3v) is 1.15. The fourth-order valence-corrected chi connectivity index (χ4v) is 0.681. The normalized spacial score (nSPS) is 19.9. The first-order valence-electron chi connectivity index (χ1n) is 3.53. The Morgan fingerprint density at radius 1 is 1.73 bits per heavy atom. The van der Waals surface area contributed by atoms with Crippen LogP contribution >= 0.6 is 0 Å². The number of hydrogen-bond donors (Lipinski definition) is 2. The van der Waals surface area contributed by atoms with E-state index < -0.39 is 0 Å². The molecule has 1 aliphatic heterocycles. The largest absolute Gasteiger partial charge is 0.394 e. The van der Waals surface area contributed by atoms with Gasteiger partial charge < -0.3 is 10.4 Å². The SMILES string of the molecule is OCCN=C1N=CCC=CN1. The first kappa shape index (κ1) is 7.94. The van der Waals surface area contributed by atoms with Crippen molar-refractivity contribution in [2.75, 3.05) is 13.2 Å². The summed E-state index contributed by atoms with van der Waals surface area (Å²) >= 11 is 0. The molecule has 1 aliphatic rings. The maximum atomic E-state index is 8.46. The molecule has 0 atom stereocenters. The highest BCUT2D eigenvalue weighted by Gasteiger charge is 1.92. The van der Waals surface area contributed by atoms with Crippen LogP contribution in [0.3, 0.4) is 0 Å². The molecule has 1 rings (SSSR count). The van der Waals surface area contributed by atoms with Gasteiger partial charge in [-0.15, -0.1) is 0 Å². The predicted molar refractivity (Wildman–Crippen MR) is 44.8 cm³/mol. The molecule has 0 aromatic rings. The highest BCUT2D eigenvalue weighted by Crippen LogP contribution is 1.86. The molecule has 0 aliphatic carbocycles. The zero-order chi connectivity index (χ0) is 7.94. The Bertz CT molecular complexity index is 196. The minimum Gasteiger partial charge on any atom is -0.394 e. The van der Waals surface area contributed by atoms with Gasteiger partial charge in [-0.1, -0.05) is 6.08 Å². The molecule has 0 spiro atoms. The average Bonchev–Trinajstić information content (AvgIpc) is 2.28. The molecule has 0 saturated heterocycles. The molecular weight excluding hydrogens is 142 g/mol. The zero-order valence-corrected chi connectivity index (χ0v) is 6.20. The molecule has 4 heteroatoms. The Morgan fingerprint density at radius 2 is 2.64 bits per heavy atom. The van der Waals surface area contributed by atoms with Crippen molar-refractivity contribution in [3.05, 3.63) is 12.3 Å². The summed E-state index contributed by atoms with van der Waals surface area (Å²) in [6.07, 6.45) is 6.34. The third-order valence-electron chi connectivity index (χ3n) is 1.15. The number of aliphatic imine (C=N–C) groups is 2. The summed E-state index contributed by atoms with van der Waals surface area (Å²) in [5.74, 6) is 0.563. The van der Waals surface area contributed by atoms with Gasteiger partial charge in [0.15, 0.2) is 0 Å². The maximum Gasteiger partial charge on any atom is 0.221 e. The lowest BCUT2D eigenvalue weighted by Gasteiger charge is -1.96. The molecule has 11 heavy (non-hydrogen) atoms. The van der Waals surface area contributed by atoms with Crippen molar-refractivity contribution in [1.82, 2.24) is 5.32 Å². The lowest BCUT2D eigenvalue weighted by atomic mass is 10.5. The number of aliphatic hydroxyl groups excluding tert-OH is 1. The van der Waals surface area contributed by atoms with Crippen LogP contribution in [0.2, 0.25) is 0 Å². The Balaban J connectivity index is 2.49. The Hall–Kier alpha value is -1.16. The number of nitrogens with one attached hydrogen (secondary N) is 1. The van der Waals surface area contributed by atoms with Gasteiger partial charge in [-0.05, 0) is 0 Å².